The largest absolute Gasteiger partial charge is 0.461 e. The van der Waals surface area contributed by atoms with Crippen LogP contribution in [0.1, 0.15) is 31.2 Å². The van der Waals surface area contributed by atoms with Crippen molar-refractivity contribution in [2.45, 2.75) is 32.3 Å². The number of hydrogen-bond donors (Lipinski definition) is 0. The molecule has 0 amide bonds. The lowest BCUT2D eigenvalue weighted by Crippen LogP contribution is -2.04. The van der Waals surface area contributed by atoms with E-state index < -0.39 is 0 Å². The van der Waals surface area contributed by atoms with Crippen LogP contribution < -0.4 is 0 Å². The number of unbranched alkanes of at least 4 members (excludes halogenated alkanes) is 2. The maximum Gasteiger partial charge on any atom is 0.306 e. The van der Waals surface area contributed by atoms with E-state index in [-0.39, 0.29) is 5.97 Å². The number of carbonyl (C=O) groups excluding carboxylic acids is 1. The van der Waals surface area contributed by atoms with Crippen molar-refractivity contribution in [3.05, 3.63) is 48.0 Å². The van der Waals surface area contributed by atoms with Crippen LogP contribution in [0.4, 0.5) is 0 Å². The SMILES string of the molecule is O=C(CCCCCBr)OCc1cccc2ccccc12. The highest BCUT2D eigenvalue weighted by atomic mass is 79.9. The summed E-state index contributed by atoms with van der Waals surface area (Å²) in [5.74, 6) is -0.104. The first kappa shape index (κ1) is 15.0. The summed E-state index contributed by atoms with van der Waals surface area (Å²) >= 11 is 3.38. The molecular weight excluding hydrogens is 316 g/mol. The van der Waals surface area contributed by atoms with Gasteiger partial charge in [-0.3, -0.25) is 4.79 Å². The third-order valence-corrected chi connectivity index (χ3v) is 3.84. The number of alkyl halides is 1. The molecule has 0 unspecified atom stereocenters. The minimum atomic E-state index is -0.104. The van der Waals surface area contributed by atoms with E-state index in [1.54, 1.807) is 0 Å². The van der Waals surface area contributed by atoms with Crippen LogP contribution in [0.25, 0.3) is 10.8 Å². The molecule has 0 fully saturated rings. The van der Waals surface area contributed by atoms with Crippen LogP contribution >= 0.6 is 15.9 Å². The Bertz CT molecular complexity index is 560. The molecule has 0 N–H and O–H groups in total. The second-order valence-electron chi connectivity index (χ2n) is 4.80. The van der Waals surface area contributed by atoms with E-state index in [1.807, 2.05) is 24.3 Å². The Hall–Kier alpha value is -1.35. The lowest BCUT2D eigenvalue weighted by Gasteiger charge is -2.08. The van der Waals surface area contributed by atoms with Crippen LogP contribution in [0.2, 0.25) is 0 Å². The standard InChI is InChI=1S/C17H19BrO2/c18-12-5-1-2-11-17(19)20-13-15-9-6-8-14-7-3-4-10-16(14)15/h3-4,6-10H,1-2,5,11-13H2. The fourth-order valence-corrected chi connectivity index (χ4v) is 2.59. The molecule has 20 heavy (non-hydrogen) atoms. The van der Waals surface area contributed by atoms with Crippen molar-refractivity contribution >= 4 is 32.7 Å². The summed E-state index contributed by atoms with van der Waals surface area (Å²) in [6.45, 7) is 0.360. The zero-order valence-corrected chi connectivity index (χ0v) is 13.1. The van der Waals surface area contributed by atoms with E-state index in [1.165, 1.54) is 5.39 Å². The fourth-order valence-electron chi connectivity index (χ4n) is 2.19. The summed E-state index contributed by atoms with van der Waals surface area (Å²) in [7, 11) is 0. The normalized spacial score (nSPS) is 10.7. The number of halogens is 1. The Kier molecular flexibility index (Phi) is 6.06. The molecular formula is C17H19BrO2. The summed E-state index contributed by atoms with van der Waals surface area (Å²) in [6, 6.07) is 14.2. The van der Waals surface area contributed by atoms with Crippen molar-refractivity contribution in [2.24, 2.45) is 0 Å². The quantitative estimate of drug-likeness (QED) is 0.411. The number of benzene rings is 2. The summed E-state index contributed by atoms with van der Waals surface area (Å²) in [5.41, 5.74) is 1.07. The summed E-state index contributed by atoms with van der Waals surface area (Å²) < 4.78 is 5.37. The number of fused-ring (bicyclic) bond motifs is 1. The first-order chi connectivity index (χ1) is 9.81. The Morgan fingerprint density at radius 1 is 1.00 bits per heavy atom. The van der Waals surface area contributed by atoms with E-state index in [0.717, 1.165) is 35.5 Å². The molecule has 0 aliphatic heterocycles. The Morgan fingerprint density at radius 3 is 2.65 bits per heavy atom. The average molecular weight is 335 g/mol. The number of carbonyl (C=O) groups is 1. The van der Waals surface area contributed by atoms with Crippen LogP contribution in [0.3, 0.4) is 0 Å². The number of rotatable bonds is 7. The molecule has 0 saturated heterocycles. The lowest BCUT2D eigenvalue weighted by atomic mass is 10.1. The van der Waals surface area contributed by atoms with Gasteiger partial charge in [0.15, 0.2) is 0 Å². The smallest absolute Gasteiger partial charge is 0.306 e. The second kappa shape index (κ2) is 8.05. The molecule has 0 bridgehead atoms. The molecule has 0 atom stereocenters. The van der Waals surface area contributed by atoms with Crippen LogP contribution in [-0.2, 0) is 16.1 Å². The van der Waals surface area contributed by atoms with Crippen LogP contribution in [0.15, 0.2) is 42.5 Å². The van der Waals surface area contributed by atoms with Crippen molar-refractivity contribution in [1.82, 2.24) is 0 Å². The third-order valence-electron chi connectivity index (χ3n) is 3.28. The Labute approximate surface area is 128 Å². The Balaban J connectivity index is 1.88. The van der Waals surface area contributed by atoms with Gasteiger partial charge in [-0.15, -0.1) is 0 Å². The molecule has 0 aliphatic carbocycles. The van der Waals surface area contributed by atoms with Gasteiger partial charge in [-0.25, -0.2) is 0 Å². The zero-order chi connectivity index (χ0) is 14.2. The van der Waals surface area contributed by atoms with E-state index in [0.29, 0.717) is 13.0 Å². The maximum absolute atomic E-state index is 11.7. The summed E-state index contributed by atoms with van der Waals surface area (Å²) in [6.07, 6.45) is 3.59. The van der Waals surface area contributed by atoms with E-state index in [2.05, 4.69) is 34.1 Å². The molecule has 106 valence electrons. The molecule has 2 aromatic carbocycles. The van der Waals surface area contributed by atoms with Crippen molar-refractivity contribution in [3.63, 3.8) is 0 Å². The highest BCUT2D eigenvalue weighted by Crippen LogP contribution is 2.19. The predicted molar refractivity (Wildman–Crippen MR) is 86.0 cm³/mol. The minimum Gasteiger partial charge on any atom is -0.461 e. The highest BCUT2D eigenvalue weighted by Gasteiger charge is 2.05. The van der Waals surface area contributed by atoms with Crippen molar-refractivity contribution in [3.8, 4) is 0 Å². The molecule has 0 aromatic heterocycles. The van der Waals surface area contributed by atoms with Crippen molar-refractivity contribution < 1.29 is 9.53 Å². The van der Waals surface area contributed by atoms with E-state index in [9.17, 15) is 4.79 Å². The summed E-state index contributed by atoms with van der Waals surface area (Å²) in [4.78, 5) is 11.7. The Morgan fingerprint density at radius 2 is 1.80 bits per heavy atom. The monoisotopic (exact) mass is 334 g/mol. The molecule has 0 radical (unpaired) electrons. The predicted octanol–water partition coefficient (Wildman–Crippen LogP) is 4.84. The average Bonchev–Trinajstić information content (AvgIpc) is 2.49. The molecule has 2 nitrogen and oxygen atoms in total. The molecule has 2 rings (SSSR count). The van der Waals surface area contributed by atoms with Gasteiger partial charge in [0, 0.05) is 11.8 Å². The summed E-state index contributed by atoms with van der Waals surface area (Å²) in [5, 5.41) is 3.33. The second-order valence-corrected chi connectivity index (χ2v) is 5.59. The maximum atomic E-state index is 11.7. The van der Waals surface area contributed by atoms with Crippen LogP contribution in [0, 0.1) is 0 Å². The van der Waals surface area contributed by atoms with Gasteiger partial charge in [0.05, 0.1) is 0 Å². The number of ether oxygens (including phenoxy) is 1. The van der Waals surface area contributed by atoms with Gasteiger partial charge in [-0.05, 0) is 29.2 Å². The van der Waals surface area contributed by atoms with Gasteiger partial charge >= 0.3 is 5.97 Å². The van der Waals surface area contributed by atoms with Gasteiger partial charge in [-0.2, -0.15) is 0 Å². The minimum absolute atomic E-state index is 0.104. The van der Waals surface area contributed by atoms with Gasteiger partial charge in [0.2, 0.25) is 0 Å². The topological polar surface area (TPSA) is 26.3 Å². The first-order valence-corrected chi connectivity index (χ1v) is 8.11. The van der Waals surface area contributed by atoms with Gasteiger partial charge in [-0.1, -0.05) is 64.8 Å². The lowest BCUT2D eigenvalue weighted by molar-refractivity contribution is -0.145. The number of hydrogen-bond acceptors (Lipinski definition) is 2. The zero-order valence-electron chi connectivity index (χ0n) is 11.5. The van der Waals surface area contributed by atoms with E-state index in [4.69, 9.17) is 4.74 Å². The molecule has 2 aromatic rings. The fraction of sp³-hybridized carbons (Fsp3) is 0.353. The van der Waals surface area contributed by atoms with E-state index >= 15 is 0 Å². The van der Waals surface area contributed by atoms with Crippen molar-refractivity contribution in [1.29, 1.82) is 0 Å². The molecule has 0 spiro atoms. The first-order valence-electron chi connectivity index (χ1n) is 6.99. The highest BCUT2D eigenvalue weighted by molar-refractivity contribution is 9.09. The third kappa shape index (κ3) is 4.34. The van der Waals surface area contributed by atoms with Crippen LogP contribution in [0.5, 0.6) is 0 Å². The molecule has 3 heteroatoms. The van der Waals surface area contributed by atoms with Gasteiger partial charge in [0.25, 0.3) is 0 Å². The van der Waals surface area contributed by atoms with Crippen molar-refractivity contribution in [2.75, 3.05) is 5.33 Å². The molecule has 0 heterocycles. The van der Waals surface area contributed by atoms with Crippen LogP contribution in [-0.4, -0.2) is 11.3 Å². The van der Waals surface area contributed by atoms with Gasteiger partial charge < -0.3 is 4.74 Å². The van der Waals surface area contributed by atoms with Gasteiger partial charge in [0.1, 0.15) is 6.61 Å². The number of esters is 1. The molecule has 0 saturated carbocycles. The molecule has 0 aliphatic rings.